The van der Waals surface area contributed by atoms with Crippen LogP contribution in [-0.4, -0.2) is 37.2 Å². The number of aromatic amines is 1. The van der Waals surface area contributed by atoms with Crippen molar-refractivity contribution in [2.24, 2.45) is 0 Å². The molecule has 130 valence electrons. The van der Waals surface area contributed by atoms with Crippen molar-refractivity contribution in [3.05, 3.63) is 54.4 Å². The van der Waals surface area contributed by atoms with E-state index in [1.54, 1.807) is 24.5 Å². The number of amides is 2. The van der Waals surface area contributed by atoms with E-state index in [1.807, 2.05) is 31.2 Å². The van der Waals surface area contributed by atoms with Crippen LogP contribution in [0.3, 0.4) is 0 Å². The molecule has 26 heavy (non-hydrogen) atoms. The quantitative estimate of drug-likeness (QED) is 0.715. The molecule has 0 spiro atoms. The van der Waals surface area contributed by atoms with E-state index in [1.165, 1.54) is 16.7 Å². The van der Waals surface area contributed by atoms with Crippen LogP contribution >= 0.6 is 11.8 Å². The fraction of sp³-hybridized carbons (Fsp3) is 0.167. The van der Waals surface area contributed by atoms with E-state index in [9.17, 15) is 9.59 Å². The van der Waals surface area contributed by atoms with Crippen LogP contribution in [0.25, 0.3) is 11.4 Å². The van der Waals surface area contributed by atoms with E-state index in [0.29, 0.717) is 16.7 Å². The van der Waals surface area contributed by atoms with Crippen LogP contribution in [0.5, 0.6) is 0 Å². The number of hydrogen-bond acceptors (Lipinski definition) is 6. The second-order valence-electron chi connectivity index (χ2n) is 5.92. The molecular formula is C18H15N5O2S. The molecule has 1 saturated heterocycles. The van der Waals surface area contributed by atoms with Crippen molar-refractivity contribution in [3.8, 4) is 11.4 Å². The van der Waals surface area contributed by atoms with Gasteiger partial charge < -0.3 is 0 Å². The number of hydrogen-bond donors (Lipinski definition) is 1. The number of anilines is 1. The number of aromatic nitrogens is 4. The van der Waals surface area contributed by atoms with Gasteiger partial charge in [-0.25, -0.2) is 9.88 Å². The molecule has 3 heterocycles. The zero-order valence-electron chi connectivity index (χ0n) is 13.9. The van der Waals surface area contributed by atoms with Gasteiger partial charge in [0.25, 0.3) is 0 Å². The summed E-state index contributed by atoms with van der Waals surface area (Å²) in [4.78, 5) is 34.6. The molecule has 0 saturated carbocycles. The summed E-state index contributed by atoms with van der Waals surface area (Å²) in [5.41, 5.74) is 2.53. The molecule has 2 amide bonds. The van der Waals surface area contributed by atoms with E-state index < -0.39 is 5.25 Å². The molecule has 1 atom stereocenters. The molecule has 0 aliphatic carbocycles. The normalized spacial score (nSPS) is 17.1. The highest BCUT2D eigenvalue weighted by atomic mass is 32.2. The fourth-order valence-electron chi connectivity index (χ4n) is 2.73. The van der Waals surface area contributed by atoms with Crippen LogP contribution < -0.4 is 4.90 Å². The van der Waals surface area contributed by atoms with Crippen LogP contribution in [0.1, 0.15) is 12.0 Å². The average molecular weight is 365 g/mol. The minimum absolute atomic E-state index is 0.135. The van der Waals surface area contributed by atoms with Crippen molar-refractivity contribution in [2.45, 2.75) is 23.8 Å². The Balaban J connectivity index is 1.51. The summed E-state index contributed by atoms with van der Waals surface area (Å²) in [7, 11) is 0. The topological polar surface area (TPSA) is 91.8 Å². The number of imide groups is 1. The summed E-state index contributed by atoms with van der Waals surface area (Å²) in [6, 6.07) is 11.0. The van der Waals surface area contributed by atoms with Gasteiger partial charge in [0.2, 0.25) is 17.0 Å². The minimum Gasteiger partial charge on any atom is -0.274 e. The van der Waals surface area contributed by atoms with Gasteiger partial charge in [0, 0.05) is 24.4 Å². The Morgan fingerprint density at radius 2 is 1.85 bits per heavy atom. The Bertz CT molecular complexity index is 955. The summed E-state index contributed by atoms with van der Waals surface area (Å²) < 4.78 is 0. The Morgan fingerprint density at radius 3 is 2.58 bits per heavy atom. The smallest absolute Gasteiger partial charge is 0.247 e. The van der Waals surface area contributed by atoms with Crippen LogP contribution in [0.15, 0.2) is 53.9 Å². The van der Waals surface area contributed by atoms with Gasteiger partial charge >= 0.3 is 0 Å². The molecule has 3 aromatic rings. The first-order chi connectivity index (χ1) is 12.6. The van der Waals surface area contributed by atoms with Gasteiger partial charge in [0.1, 0.15) is 5.25 Å². The molecule has 1 fully saturated rings. The number of H-pyrrole nitrogens is 1. The van der Waals surface area contributed by atoms with Gasteiger partial charge in [-0.2, -0.15) is 0 Å². The van der Waals surface area contributed by atoms with Crippen LogP contribution in [0.2, 0.25) is 0 Å². The number of pyridine rings is 1. The summed E-state index contributed by atoms with van der Waals surface area (Å²) in [6.07, 6.45) is 3.48. The van der Waals surface area contributed by atoms with Crippen LogP contribution in [-0.2, 0) is 9.59 Å². The van der Waals surface area contributed by atoms with Crippen molar-refractivity contribution >= 4 is 29.3 Å². The van der Waals surface area contributed by atoms with Gasteiger partial charge in [-0.05, 0) is 31.2 Å². The summed E-state index contributed by atoms with van der Waals surface area (Å²) in [6.45, 7) is 1.96. The third-order valence-electron chi connectivity index (χ3n) is 4.06. The largest absolute Gasteiger partial charge is 0.274 e. The molecule has 7 nitrogen and oxygen atoms in total. The van der Waals surface area contributed by atoms with Gasteiger partial charge in [-0.1, -0.05) is 29.5 Å². The average Bonchev–Trinajstić information content (AvgIpc) is 3.22. The third-order valence-corrected chi connectivity index (χ3v) is 5.11. The van der Waals surface area contributed by atoms with E-state index in [0.717, 1.165) is 11.1 Å². The van der Waals surface area contributed by atoms with Gasteiger partial charge in [0.15, 0.2) is 5.82 Å². The Hall–Kier alpha value is -3.00. The molecule has 1 N–H and O–H groups in total. The number of carbonyl (C=O) groups excluding carboxylic acids is 2. The molecule has 1 aliphatic heterocycles. The Morgan fingerprint density at radius 1 is 1.12 bits per heavy atom. The highest BCUT2D eigenvalue weighted by Gasteiger charge is 2.40. The number of nitrogens with zero attached hydrogens (tertiary/aromatic N) is 4. The molecule has 1 aliphatic rings. The maximum atomic E-state index is 12.7. The van der Waals surface area contributed by atoms with Crippen molar-refractivity contribution in [3.63, 3.8) is 0 Å². The first kappa shape index (κ1) is 16.5. The second kappa shape index (κ2) is 6.72. The molecule has 0 bridgehead atoms. The zero-order valence-corrected chi connectivity index (χ0v) is 14.7. The van der Waals surface area contributed by atoms with Crippen LogP contribution in [0, 0.1) is 6.92 Å². The highest BCUT2D eigenvalue weighted by molar-refractivity contribution is 8.00. The minimum atomic E-state index is -0.523. The maximum absolute atomic E-state index is 12.7. The number of aryl methyl sites for hydroxylation is 1. The fourth-order valence-corrected chi connectivity index (χ4v) is 3.66. The second-order valence-corrected chi connectivity index (χ2v) is 7.09. The van der Waals surface area contributed by atoms with E-state index >= 15 is 0 Å². The number of rotatable bonds is 4. The number of benzene rings is 1. The lowest BCUT2D eigenvalue weighted by molar-refractivity contribution is -0.121. The van der Waals surface area contributed by atoms with Gasteiger partial charge in [-0.3, -0.25) is 19.7 Å². The lowest BCUT2D eigenvalue weighted by Gasteiger charge is -2.14. The molecule has 1 aromatic carbocycles. The summed E-state index contributed by atoms with van der Waals surface area (Å²) >= 11 is 1.20. The third kappa shape index (κ3) is 3.11. The number of nitrogens with one attached hydrogen (secondary N) is 1. The number of carbonyl (C=O) groups is 2. The van der Waals surface area contributed by atoms with E-state index in [2.05, 4.69) is 20.2 Å². The Kier molecular flexibility index (Phi) is 4.26. The zero-order chi connectivity index (χ0) is 18.1. The molecule has 0 radical (unpaired) electrons. The first-order valence-electron chi connectivity index (χ1n) is 8.05. The van der Waals surface area contributed by atoms with E-state index in [-0.39, 0.29) is 18.2 Å². The van der Waals surface area contributed by atoms with Gasteiger partial charge in [-0.15, -0.1) is 5.10 Å². The predicted molar refractivity (Wildman–Crippen MR) is 97.5 cm³/mol. The lowest BCUT2D eigenvalue weighted by Crippen LogP contribution is -2.31. The van der Waals surface area contributed by atoms with E-state index in [4.69, 9.17) is 0 Å². The summed E-state index contributed by atoms with van der Waals surface area (Å²) in [5.74, 6) is 0.155. The molecular weight excluding hydrogens is 350 g/mol. The maximum Gasteiger partial charge on any atom is 0.247 e. The predicted octanol–water partition coefficient (Wildman–Crippen LogP) is 2.60. The molecule has 2 aromatic heterocycles. The molecule has 8 heteroatoms. The Labute approximate surface area is 153 Å². The van der Waals surface area contributed by atoms with Crippen molar-refractivity contribution in [1.82, 2.24) is 20.2 Å². The number of thioether (sulfide) groups is 1. The monoisotopic (exact) mass is 365 g/mol. The van der Waals surface area contributed by atoms with Crippen molar-refractivity contribution in [2.75, 3.05) is 4.90 Å². The standard InChI is InChI=1S/C18H15N5O2S/c1-11-2-4-13(5-3-11)23-15(24)10-14(17(23)25)26-18-20-16(21-22-18)12-6-8-19-9-7-12/h2-9,14H,10H2,1H3,(H,20,21,22)/t14-/m1/s1. The first-order valence-corrected chi connectivity index (χ1v) is 8.93. The van der Waals surface area contributed by atoms with Crippen molar-refractivity contribution < 1.29 is 9.59 Å². The van der Waals surface area contributed by atoms with Crippen LogP contribution in [0.4, 0.5) is 5.69 Å². The summed E-state index contributed by atoms with van der Waals surface area (Å²) in [5, 5.41) is 6.92. The van der Waals surface area contributed by atoms with Crippen molar-refractivity contribution in [1.29, 1.82) is 0 Å². The SMILES string of the molecule is Cc1ccc(N2C(=O)C[C@@H](Sc3n[nH]c(-c4ccncc4)n3)C2=O)cc1. The van der Waals surface area contributed by atoms with Gasteiger partial charge in [0.05, 0.1) is 5.69 Å². The highest BCUT2D eigenvalue weighted by Crippen LogP contribution is 2.33. The lowest BCUT2D eigenvalue weighted by atomic mass is 10.2. The molecule has 4 rings (SSSR count). The molecule has 0 unspecified atom stereocenters.